The van der Waals surface area contributed by atoms with E-state index in [-0.39, 0.29) is 79.2 Å². The molecule has 67 heavy (non-hydrogen) atoms. The van der Waals surface area contributed by atoms with Crippen LogP contribution in [0.1, 0.15) is 34.3 Å². The van der Waals surface area contributed by atoms with E-state index in [4.69, 9.17) is 49.3 Å². The molecule has 4 aromatic heterocycles. The number of ether oxygens (including phenoxy) is 6. The average molecular weight is 952 g/mol. The Hall–Kier alpha value is -7.54. The lowest BCUT2D eigenvalue weighted by atomic mass is 10.1. The number of unbranched alkanes of at least 4 members (excludes halogenated alkanes) is 1. The number of aromatic nitrogens is 8. The van der Waals surface area contributed by atoms with Crippen molar-refractivity contribution in [2.75, 3.05) is 44.6 Å². The topological polar surface area (TPSA) is 339 Å². The highest BCUT2D eigenvalue weighted by atomic mass is 32.2. The number of sulfonamides is 1. The zero-order valence-corrected chi connectivity index (χ0v) is 36.1. The van der Waals surface area contributed by atoms with Gasteiger partial charge in [0.15, 0.2) is 40.7 Å². The molecule has 0 unspecified atom stereocenters. The van der Waals surface area contributed by atoms with Gasteiger partial charge < -0.3 is 28.4 Å². The molecule has 4 heterocycles. The predicted octanol–water partition coefficient (Wildman–Crippen LogP) is 4.07. The number of carbonyl (C=O) groups is 2. The van der Waals surface area contributed by atoms with Crippen molar-refractivity contribution in [3.8, 4) is 46.0 Å². The molecule has 6 rings (SSSR count). The molecule has 5 N–H and O–H groups in total. The van der Waals surface area contributed by atoms with Crippen molar-refractivity contribution >= 4 is 28.0 Å². The molecule has 0 amide bonds. The molecule has 0 aliphatic carbocycles. The first-order chi connectivity index (χ1) is 32.3. The van der Waals surface area contributed by atoms with Crippen LogP contribution in [-0.4, -0.2) is 133 Å². The summed E-state index contributed by atoms with van der Waals surface area (Å²) in [7, 11) is -3.49. The van der Waals surface area contributed by atoms with Gasteiger partial charge in [-0.15, -0.1) is 5.10 Å². The quantitative estimate of drug-likeness (QED) is 0.0247. The number of carbonyl (C=O) groups excluding carboxylic acids is 2. The van der Waals surface area contributed by atoms with Crippen molar-refractivity contribution in [3.05, 3.63) is 102 Å². The fourth-order valence-corrected chi connectivity index (χ4v) is 6.73. The van der Waals surface area contributed by atoms with Crippen molar-refractivity contribution in [3.63, 3.8) is 0 Å². The molecule has 0 bridgehead atoms. The first-order valence-electron chi connectivity index (χ1n) is 19.5. The van der Waals surface area contributed by atoms with Crippen LogP contribution in [0, 0.1) is 6.92 Å². The third-order valence-electron chi connectivity index (χ3n) is 8.74. The first kappa shape index (κ1) is 48.9. The second kappa shape index (κ2) is 23.6. The van der Waals surface area contributed by atoms with Crippen LogP contribution in [0.2, 0.25) is 0 Å². The third-order valence-corrected chi connectivity index (χ3v) is 10.4. The van der Waals surface area contributed by atoms with Crippen LogP contribution in [0.3, 0.4) is 0 Å². The van der Waals surface area contributed by atoms with Crippen molar-refractivity contribution in [1.82, 2.24) is 51.3 Å². The number of hydrogen-bond acceptors (Lipinski definition) is 25. The Morgan fingerprint density at radius 1 is 0.806 bits per heavy atom. The number of pyridine rings is 2. The maximum atomic E-state index is 14.8. The van der Waals surface area contributed by atoms with Crippen molar-refractivity contribution in [2.45, 2.75) is 31.4 Å². The van der Waals surface area contributed by atoms with Gasteiger partial charge in [0, 0.05) is 18.0 Å². The lowest BCUT2D eigenvalue weighted by Crippen LogP contribution is -2.36. The molecular formula is C39H41N11O16S. The maximum Gasteiger partial charge on any atom is 0.510 e. The molecule has 28 heteroatoms. The minimum atomic E-state index is -4.86. The van der Waals surface area contributed by atoms with Gasteiger partial charge in [0.05, 0.1) is 43.3 Å². The standard InChI is InChI=1S/C39H41N11O16S/c1-25-9-14-32(41-22-25)67(57,58)48(24-63-39(52)62-17-5-6-18-64-49(53)54)36-33(66-31-8-4-3-7-30(31)59-2)37(43-34(42-36)28-15-16-40-29(21-28)35-44-46-47-45-35)60-19-20-61-38(51)27-12-10-26(11-13-27)23-65-50(55)56/h3-4,7-16,21-22,53-56H,5-6,17-20,23-24H2,1-2H3,(H,44,45,46,47). The van der Waals surface area contributed by atoms with Gasteiger partial charge in [-0.05, 0) is 83.8 Å². The third kappa shape index (κ3) is 13.7. The summed E-state index contributed by atoms with van der Waals surface area (Å²) in [6.07, 6.45) is 1.82. The van der Waals surface area contributed by atoms with E-state index in [1.165, 1.54) is 74.1 Å². The Balaban J connectivity index is 1.41. The molecule has 0 aliphatic heterocycles. The van der Waals surface area contributed by atoms with Crippen LogP contribution < -0.4 is 18.5 Å². The molecule has 0 fully saturated rings. The van der Waals surface area contributed by atoms with E-state index >= 15 is 0 Å². The van der Waals surface area contributed by atoms with Crippen LogP contribution in [0.4, 0.5) is 10.6 Å². The lowest BCUT2D eigenvalue weighted by molar-refractivity contribution is -0.497. The number of hydrogen-bond donors (Lipinski definition) is 5. The molecule has 27 nitrogen and oxygen atoms in total. The summed E-state index contributed by atoms with van der Waals surface area (Å²) in [5.74, 6) is -1.98. The van der Waals surface area contributed by atoms with E-state index in [0.29, 0.717) is 15.4 Å². The molecule has 2 aromatic carbocycles. The van der Waals surface area contributed by atoms with Crippen molar-refractivity contribution < 1.29 is 76.9 Å². The number of esters is 1. The second-order valence-electron chi connectivity index (χ2n) is 13.3. The number of anilines is 1. The van der Waals surface area contributed by atoms with Gasteiger partial charge in [0.1, 0.15) is 18.9 Å². The zero-order chi connectivity index (χ0) is 47.8. The van der Waals surface area contributed by atoms with E-state index < -0.39 is 68.7 Å². The molecule has 354 valence electrons. The first-order valence-corrected chi connectivity index (χ1v) is 20.9. The number of nitrogens with zero attached hydrogens (tertiary/aromatic N) is 10. The normalized spacial score (nSPS) is 11.3. The summed E-state index contributed by atoms with van der Waals surface area (Å²) in [6.45, 7) is -0.748. The number of nitrogens with one attached hydrogen (secondary N) is 1. The fourth-order valence-electron chi connectivity index (χ4n) is 5.53. The summed E-state index contributed by atoms with van der Waals surface area (Å²) >= 11 is 0. The van der Waals surface area contributed by atoms with Crippen LogP contribution in [-0.2, 0) is 40.5 Å². The van der Waals surface area contributed by atoms with E-state index in [9.17, 15) is 18.0 Å². The molecule has 6 aromatic rings. The van der Waals surface area contributed by atoms with Crippen LogP contribution in [0.5, 0.6) is 23.1 Å². The number of methoxy groups -OCH3 is 1. The van der Waals surface area contributed by atoms with E-state index in [1.807, 2.05) is 0 Å². The molecule has 0 saturated carbocycles. The van der Waals surface area contributed by atoms with Gasteiger partial charge in [-0.3, -0.25) is 30.7 Å². The number of H-pyrrole nitrogens is 1. The number of rotatable bonds is 24. The number of para-hydroxylation sites is 2. The molecule has 0 saturated heterocycles. The molecule has 0 atom stereocenters. The largest absolute Gasteiger partial charge is 0.510 e. The second-order valence-corrected chi connectivity index (χ2v) is 15.1. The molecular weight excluding hydrogens is 911 g/mol. The minimum Gasteiger partial charge on any atom is -0.493 e. The maximum absolute atomic E-state index is 14.8. The van der Waals surface area contributed by atoms with Gasteiger partial charge in [0.25, 0.3) is 15.9 Å². The SMILES string of the molecule is COc1ccccc1Oc1c(OCCOC(=O)c2ccc(CON(O)O)cc2)nc(-c2ccnc(-c3nnn[nH]3)c2)nc1N(COC(=O)OCCCCON(O)O)S(=O)(=O)c1ccc(C)cn1. The summed E-state index contributed by atoms with van der Waals surface area (Å²) in [5.41, 5.74) is 1.72. The number of tetrazole rings is 1. The van der Waals surface area contributed by atoms with Crippen LogP contribution >= 0.6 is 0 Å². The minimum absolute atomic E-state index is 0.0306. The van der Waals surface area contributed by atoms with Gasteiger partial charge in [-0.25, -0.2) is 33.8 Å². The Morgan fingerprint density at radius 2 is 1.57 bits per heavy atom. The Bertz CT molecular complexity index is 2660. The van der Waals surface area contributed by atoms with E-state index in [2.05, 4.69) is 50.2 Å². The summed E-state index contributed by atoms with van der Waals surface area (Å²) < 4.78 is 64.1. The summed E-state index contributed by atoms with van der Waals surface area (Å²) in [4.78, 5) is 52.8. The molecule has 0 aliphatic rings. The summed E-state index contributed by atoms with van der Waals surface area (Å²) in [5, 5.41) is 47.3. The number of aryl methyl sites for hydroxylation is 1. The highest BCUT2D eigenvalue weighted by Crippen LogP contribution is 2.44. The predicted molar refractivity (Wildman–Crippen MR) is 220 cm³/mol. The summed E-state index contributed by atoms with van der Waals surface area (Å²) in [6, 6.07) is 17.9. The van der Waals surface area contributed by atoms with Gasteiger partial charge in [-0.2, -0.15) is 13.4 Å². The average Bonchev–Trinajstić information content (AvgIpc) is 3.87. The smallest absolute Gasteiger partial charge is 0.493 e. The molecule has 0 spiro atoms. The van der Waals surface area contributed by atoms with Crippen LogP contribution in [0.25, 0.3) is 22.9 Å². The highest BCUT2D eigenvalue weighted by Gasteiger charge is 2.35. The Morgan fingerprint density at radius 3 is 2.27 bits per heavy atom. The van der Waals surface area contributed by atoms with E-state index in [1.54, 1.807) is 25.1 Å². The highest BCUT2D eigenvalue weighted by molar-refractivity contribution is 7.92. The molecule has 0 radical (unpaired) electrons. The number of aromatic amines is 1. The van der Waals surface area contributed by atoms with Crippen LogP contribution in [0.15, 0.2) is 90.2 Å². The van der Waals surface area contributed by atoms with Gasteiger partial charge in [0.2, 0.25) is 5.75 Å². The zero-order valence-electron chi connectivity index (χ0n) is 35.3. The van der Waals surface area contributed by atoms with Gasteiger partial charge >= 0.3 is 12.1 Å². The fraction of sp³-hybridized carbons (Fsp3) is 0.256. The van der Waals surface area contributed by atoms with Gasteiger partial charge in [-0.1, -0.05) is 30.3 Å². The van der Waals surface area contributed by atoms with Crippen molar-refractivity contribution in [2.24, 2.45) is 0 Å². The Labute approximate surface area is 379 Å². The lowest BCUT2D eigenvalue weighted by Gasteiger charge is -2.26. The van der Waals surface area contributed by atoms with Crippen molar-refractivity contribution in [1.29, 1.82) is 0 Å². The monoisotopic (exact) mass is 951 g/mol. The Kier molecular flexibility index (Phi) is 17.2. The van der Waals surface area contributed by atoms with E-state index in [0.717, 1.165) is 0 Å². The number of benzene rings is 2.